The van der Waals surface area contributed by atoms with Crippen molar-refractivity contribution in [3.05, 3.63) is 23.4 Å². The second kappa shape index (κ2) is 11.8. The minimum Gasteiger partial charge on any atom is -0.374 e. The highest BCUT2D eigenvalue weighted by atomic mass is 35.5. The van der Waals surface area contributed by atoms with Crippen molar-refractivity contribution in [2.75, 3.05) is 57.7 Å². The summed E-state index contributed by atoms with van der Waals surface area (Å²) in [7, 11) is 0. The summed E-state index contributed by atoms with van der Waals surface area (Å²) in [6.45, 7) is 10.2. The van der Waals surface area contributed by atoms with Gasteiger partial charge in [-0.2, -0.15) is 0 Å². The molecule has 1 aromatic rings. The molecule has 2 aliphatic heterocycles. The number of ether oxygens (including phenoxy) is 1. The smallest absolute Gasteiger partial charge is 0.234 e. The third-order valence-electron chi connectivity index (χ3n) is 5.60. The number of pyridine rings is 1. The van der Waals surface area contributed by atoms with Crippen molar-refractivity contribution < 1.29 is 14.3 Å². The van der Waals surface area contributed by atoms with Crippen LogP contribution in [0.3, 0.4) is 0 Å². The van der Waals surface area contributed by atoms with Crippen molar-refractivity contribution >= 4 is 29.2 Å². The lowest BCUT2D eigenvalue weighted by Gasteiger charge is -2.34. The van der Waals surface area contributed by atoms with E-state index in [1.807, 2.05) is 4.90 Å². The number of aromatic nitrogens is 1. The first-order valence-corrected chi connectivity index (χ1v) is 11.5. The Morgan fingerprint density at radius 3 is 2.84 bits per heavy atom. The first-order chi connectivity index (χ1) is 14.9. The number of amides is 2. The topological polar surface area (TPSA) is 86.8 Å². The number of hydrogen-bond acceptors (Lipinski definition) is 6. The van der Waals surface area contributed by atoms with Gasteiger partial charge < -0.3 is 15.4 Å². The number of halogens is 1. The van der Waals surface area contributed by atoms with Gasteiger partial charge in [0.15, 0.2) is 0 Å². The van der Waals surface area contributed by atoms with Gasteiger partial charge in [-0.25, -0.2) is 4.98 Å². The van der Waals surface area contributed by atoms with Gasteiger partial charge in [-0.15, -0.1) is 0 Å². The summed E-state index contributed by atoms with van der Waals surface area (Å²) < 4.78 is 5.81. The Kier molecular flexibility index (Phi) is 9.07. The lowest BCUT2D eigenvalue weighted by molar-refractivity contribution is -0.126. The maximum absolute atomic E-state index is 12.6. The van der Waals surface area contributed by atoms with E-state index in [9.17, 15) is 9.59 Å². The molecule has 0 radical (unpaired) electrons. The molecule has 1 aromatic heterocycles. The Morgan fingerprint density at radius 2 is 2.10 bits per heavy atom. The summed E-state index contributed by atoms with van der Waals surface area (Å²) in [6, 6.07) is 3.38. The van der Waals surface area contributed by atoms with Crippen molar-refractivity contribution in [2.24, 2.45) is 11.8 Å². The molecule has 3 heterocycles. The number of carbonyl (C=O) groups excluding carboxylic acids is 2. The highest BCUT2D eigenvalue weighted by Gasteiger charge is 2.27. The van der Waals surface area contributed by atoms with Gasteiger partial charge in [-0.3, -0.25) is 19.4 Å². The van der Waals surface area contributed by atoms with Gasteiger partial charge in [0.2, 0.25) is 11.8 Å². The van der Waals surface area contributed by atoms with E-state index in [-0.39, 0.29) is 23.8 Å². The van der Waals surface area contributed by atoms with Crippen molar-refractivity contribution in [2.45, 2.75) is 32.8 Å². The predicted molar refractivity (Wildman–Crippen MR) is 121 cm³/mol. The van der Waals surface area contributed by atoms with E-state index >= 15 is 0 Å². The van der Waals surface area contributed by atoms with Crippen LogP contribution in [-0.4, -0.2) is 85.1 Å². The Morgan fingerprint density at radius 1 is 1.26 bits per heavy atom. The molecule has 3 rings (SSSR count). The molecular formula is C22H34ClN5O3. The molecule has 2 amide bonds. The third-order valence-corrected chi connectivity index (χ3v) is 5.82. The van der Waals surface area contributed by atoms with Crippen LogP contribution in [0.5, 0.6) is 0 Å². The maximum Gasteiger partial charge on any atom is 0.234 e. The van der Waals surface area contributed by atoms with E-state index in [1.165, 1.54) is 6.20 Å². The van der Waals surface area contributed by atoms with E-state index in [2.05, 4.69) is 34.4 Å². The predicted octanol–water partition coefficient (Wildman–Crippen LogP) is 1.86. The number of hydrogen-bond donors (Lipinski definition) is 2. The molecule has 2 fully saturated rings. The lowest BCUT2D eigenvalue weighted by Crippen LogP contribution is -2.50. The van der Waals surface area contributed by atoms with Crippen molar-refractivity contribution in [1.82, 2.24) is 20.1 Å². The summed E-state index contributed by atoms with van der Waals surface area (Å²) in [5, 5.41) is 6.38. The number of rotatable bonds is 8. The normalized spacial score (nSPS) is 23.0. The quantitative estimate of drug-likeness (QED) is 0.627. The van der Waals surface area contributed by atoms with Crippen LogP contribution in [0.2, 0.25) is 5.02 Å². The number of carbonyl (C=O) groups is 2. The third kappa shape index (κ3) is 8.03. The average Bonchev–Trinajstić information content (AvgIpc) is 2.74. The van der Waals surface area contributed by atoms with Crippen LogP contribution in [0.1, 0.15) is 26.7 Å². The fourth-order valence-corrected chi connectivity index (χ4v) is 4.28. The monoisotopic (exact) mass is 451 g/mol. The molecule has 8 nitrogen and oxygen atoms in total. The minimum atomic E-state index is -0.162. The molecule has 2 aliphatic rings. The fraction of sp³-hybridized carbons (Fsp3) is 0.682. The largest absolute Gasteiger partial charge is 0.374 e. The molecule has 0 aliphatic carbocycles. The van der Waals surface area contributed by atoms with Crippen LogP contribution in [0, 0.1) is 11.8 Å². The van der Waals surface area contributed by atoms with Gasteiger partial charge in [-0.1, -0.05) is 25.4 Å². The molecule has 172 valence electrons. The molecule has 0 spiro atoms. The fourth-order valence-electron chi connectivity index (χ4n) is 4.16. The molecule has 2 atom stereocenters. The van der Waals surface area contributed by atoms with E-state index in [0.717, 1.165) is 39.0 Å². The summed E-state index contributed by atoms with van der Waals surface area (Å²) in [4.78, 5) is 33.6. The average molecular weight is 452 g/mol. The zero-order valence-corrected chi connectivity index (χ0v) is 19.2. The molecule has 0 bridgehead atoms. The Hall–Kier alpha value is -1.74. The minimum absolute atomic E-state index is 0.0231. The molecule has 2 saturated heterocycles. The van der Waals surface area contributed by atoms with E-state index in [0.29, 0.717) is 43.0 Å². The van der Waals surface area contributed by atoms with Gasteiger partial charge in [0, 0.05) is 38.9 Å². The van der Waals surface area contributed by atoms with Crippen molar-refractivity contribution in [3.8, 4) is 0 Å². The summed E-state index contributed by atoms with van der Waals surface area (Å²) in [5.41, 5.74) is 0. The van der Waals surface area contributed by atoms with E-state index in [1.54, 1.807) is 12.1 Å². The molecule has 9 heteroatoms. The molecular weight excluding hydrogens is 418 g/mol. The number of nitrogens with one attached hydrogen (secondary N) is 2. The second-order valence-electron chi connectivity index (χ2n) is 8.88. The number of nitrogens with zero attached hydrogens (tertiary/aromatic N) is 3. The van der Waals surface area contributed by atoms with Gasteiger partial charge in [-0.05, 0) is 37.4 Å². The Balaban J connectivity index is 1.39. The first-order valence-electron chi connectivity index (χ1n) is 11.1. The molecule has 2 N–H and O–H groups in total. The first kappa shape index (κ1) is 23.9. The molecule has 0 saturated carbocycles. The van der Waals surface area contributed by atoms with Gasteiger partial charge >= 0.3 is 0 Å². The number of piperidine rings is 1. The lowest BCUT2D eigenvalue weighted by atomic mass is 9.97. The van der Waals surface area contributed by atoms with Crippen LogP contribution in [-0.2, 0) is 14.3 Å². The van der Waals surface area contributed by atoms with Crippen LogP contribution in [0.25, 0.3) is 0 Å². The second-order valence-corrected chi connectivity index (χ2v) is 9.31. The Labute approximate surface area is 189 Å². The standard InChI is InChI=1S/C22H34ClN5O3/c1-16(2)12-28-8-9-31-19(14-28)11-25-21(29)15-27-7-3-4-17(13-27)22(30)26-20-6-5-18(23)10-24-20/h5-6,10,16-17,19H,3-4,7-9,11-15H2,1-2H3,(H,25,29)(H,24,26,30). The summed E-state index contributed by atoms with van der Waals surface area (Å²) in [5.74, 6) is 0.854. The highest BCUT2D eigenvalue weighted by Crippen LogP contribution is 2.18. The summed E-state index contributed by atoms with van der Waals surface area (Å²) >= 11 is 5.84. The van der Waals surface area contributed by atoms with E-state index in [4.69, 9.17) is 16.3 Å². The zero-order chi connectivity index (χ0) is 22.2. The molecule has 31 heavy (non-hydrogen) atoms. The highest BCUT2D eigenvalue weighted by molar-refractivity contribution is 6.30. The Bertz CT molecular complexity index is 730. The maximum atomic E-state index is 12.6. The molecule has 0 aromatic carbocycles. The number of anilines is 1. The van der Waals surface area contributed by atoms with Crippen LogP contribution >= 0.6 is 11.6 Å². The van der Waals surface area contributed by atoms with Gasteiger partial charge in [0.1, 0.15) is 5.82 Å². The zero-order valence-electron chi connectivity index (χ0n) is 18.5. The van der Waals surface area contributed by atoms with Gasteiger partial charge in [0.05, 0.1) is 30.2 Å². The van der Waals surface area contributed by atoms with Crippen LogP contribution < -0.4 is 10.6 Å². The number of likely N-dealkylation sites (tertiary alicyclic amines) is 1. The van der Waals surface area contributed by atoms with E-state index < -0.39 is 0 Å². The molecule has 2 unspecified atom stereocenters. The van der Waals surface area contributed by atoms with Gasteiger partial charge in [0.25, 0.3) is 0 Å². The van der Waals surface area contributed by atoms with Crippen molar-refractivity contribution in [1.29, 1.82) is 0 Å². The van der Waals surface area contributed by atoms with Crippen LogP contribution in [0.15, 0.2) is 18.3 Å². The van der Waals surface area contributed by atoms with Crippen LogP contribution in [0.4, 0.5) is 5.82 Å². The van der Waals surface area contributed by atoms with Crippen molar-refractivity contribution in [3.63, 3.8) is 0 Å². The SMILES string of the molecule is CC(C)CN1CCOC(CNC(=O)CN2CCCC(C(=O)Nc3ccc(Cl)cn3)C2)C1. The number of morpholine rings is 1. The summed E-state index contributed by atoms with van der Waals surface area (Å²) in [6.07, 6.45) is 3.23.